The number of carbonyl (C=O) groups excluding carboxylic acids is 1. The molecular formula is C14H15F2N5OS. The van der Waals surface area contributed by atoms with E-state index in [4.69, 9.17) is 0 Å². The number of nitrogens with zero attached hydrogens (tertiary/aromatic N) is 3. The number of hydrogen-bond acceptors (Lipinski definition) is 5. The molecule has 122 valence electrons. The summed E-state index contributed by atoms with van der Waals surface area (Å²) in [5.74, 6) is 0. The van der Waals surface area contributed by atoms with Crippen molar-refractivity contribution in [3.63, 3.8) is 0 Å². The first-order valence-electron chi connectivity index (χ1n) is 7.11. The summed E-state index contributed by atoms with van der Waals surface area (Å²) in [7, 11) is 0. The van der Waals surface area contributed by atoms with Crippen LogP contribution in [0.4, 0.5) is 24.4 Å². The number of halogens is 2. The molecule has 2 amide bonds. The molecule has 1 aliphatic rings. The molecule has 1 atom stereocenters. The molecule has 1 aliphatic heterocycles. The summed E-state index contributed by atoms with van der Waals surface area (Å²) >= 11 is 0.670. The molecular weight excluding hydrogens is 324 g/mol. The Balaban J connectivity index is 1.50. The summed E-state index contributed by atoms with van der Waals surface area (Å²) in [6, 6.07) is 9.49. The van der Waals surface area contributed by atoms with E-state index in [0.717, 1.165) is 18.7 Å². The lowest BCUT2D eigenvalue weighted by Gasteiger charge is -2.18. The van der Waals surface area contributed by atoms with Gasteiger partial charge in [-0.3, -0.25) is 5.32 Å². The zero-order chi connectivity index (χ0) is 16.2. The third-order valence-corrected chi connectivity index (χ3v) is 4.34. The lowest BCUT2D eigenvalue weighted by molar-refractivity contribution is 0.150. The number of nitrogens with one attached hydrogen (secondary N) is 2. The average Bonchev–Trinajstić information content (AvgIpc) is 3.18. The third-order valence-electron chi connectivity index (χ3n) is 3.49. The van der Waals surface area contributed by atoms with E-state index in [-0.39, 0.29) is 11.2 Å². The minimum atomic E-state index is -2.68. The minimum Gasteiger partial charge on any atom is -0.369 e. The summed E-state index contributed by atoms with van der Waals surface area (Å²) in [5, 5.41) is 11.8. The molecule has 6 nitrogen and oxygen atoms in total. The Labute approximate surface area is 135 Å². The van der Waals surface area contributed by atoms with Crippen molar-refractivity contribution in [2.75, 3.05) is 23.3 Å². The zero-order valence-corrected chi connectivity index (χ0v) is 12.9. The van der Waals surface area contributed by atoms with Gasteiger partial charge in [0, 0.05) is 24.8 Å². The normalized spacial score (nSPS) is 17.5. The molecule has 1 aromatic heterocycles. The van der Waals surface area contributed by atoms with Gasteiger partial charge in [-0.2, -0.15) is 0 Å². The highest BCUT2D eigenvalue weighted by atomic mass is 32.1. The molecule has 23 heavy (non-hydrogen) atoms. The lowest BCUT2D eigenvalue weighted by Crippen LogP contribution is -2.39. The summed E-state index contributed by atoms with van der Waals surface area (Å²) < 4.78 is 24.8. The van der Waals surface area contributed by atoms with Crippen molar-refractivity contribution in [1.82, 2.24) is 15.5 Å². The molecule has 2 heterocycles. The number of anilines is 2. The summed E-state index contributed by atoms with van der Waals surface area (Å²) in [6.07, 6.45) is -1.86. The Bertz CT molecular complexity index is 666. The fraction of sp³-hybridized carbons (Fsp3) is 0.357. The van der Waals surface area contributed by atoms with Gasteiger partial charge >= 0.3 is 6.03 Å². The van der Waals surface area contributed by atoms with Gasteiger partial charge in [-0.25, -0.2) is 13.6 Å². The van der Waals surface area contributed by atoms with Crippen LogP contribution < -0.4 is 15.5 Å². The number of rotatable bonds is 4. The fourth-order valence-electron chi connectivity index (χ4n) is 2.44. The Hall–Kier alpha value is -2.29. The molecule has 1 fully saturated rings. The van der Waals surface area contributed by atoms with Crippen molar-refractivity contribution < 1.29 is 13.6 Å². The first kappa shape index (κ1) is 15.6. The molecule has 2 aromatic rings. The van der Waals surface area contributed by atoms with Crippen LogP contribution >= 0.6 is 11.3 Å². The van der Waals surface area contributed by atoms with Crippen molar-refractivity contribution >= 4 is 28.2 Å². The Kier molecular flexibility index (Phi) is 4.65. The first-order valence-corrected chi connectivity index (χ1v) is 7.92. The second-order valence-electron chi connectivity index (χ2n) is 5.11. The monoisotopic (exact) mass is 339 g/mol. The van der Waals surface area contributed by atoms with E-state index in [1.165, 1.54) is 0 Å². The molecule has 3 rings (SSSR count). The largest absolute Gasteiger partial charge is 0.369 e. The van der Waals surface area contributed by atoms with Crippen molar-refractivity contribution in [2.24, 2.45) is 0 Å². The van der Waals surface area contributed by atoms with Crippen molar-refractivity contribution in [2.45, 2.75) is 18.9 Å². The highest BCUT2D eigenvalue weighted by Gasteiger charge is 2.24. The number of alkyl halides is 2. The van der Waals surface area contributed by atoms with Gasteiger partial charge in [0.25, 0.3) is 6.43 Å². The van der Waals surface area contributed by atoms with Crippen LogP contribution in [0.1, 0.15) is 17.9 Å². The van der Waals surface area contributed by atoms with E-state index in [1.807, 2.05) is 30.3 Å². The number of hydrogen-bond donors (Lipinski definition) is 2. The maximum atomic E-state index is 12.4. The van der Waals surface area contributed by atoms with Crippen molar-refractivity contribution in [3.8, 4) is 0 Å². The van der Waals surface area contributed by atoms with E-state index in [9.17, 15) is 13.6 Å². The number of benzene rings is 1. The van der Waals surface area contributed by atoms with E-state index < -0.39 is 17.5 Å². The SMILES string of the molecule is O=C(Nc1nnc(C(F)F)s1)N[C@@H]1CCN(c2ccccc2)C1. The molecule has 1 aromatic carbocycles. The molecule has 9 heteroatoms. The molecule has 1 saturated heterocycles. The maximum Gasteiger partial charge on any atom is 0.321 e. The lowest BCUT2D eigenvalue weighted by atomic mass is 10.3. The fourth-order valence-corrected chi connectivity index (χ4v) is 3.04. The number of urea groups is 1. The van der Waals surface area contributed by atoms with Gasteiger partial charge in [-0.15, -0.1) is 10.2 Å². The molecule has 0 saturated carbocycles. The molecule has 0 unspecified atom stereocenters. The van der Waals surface area contributed by atoms with Gasteiger partial charge in [0.05, 0.1) is 0 Å². The topological polar surface area (TPSA) is 70.1 Å². The van der Waals surface area contributed by atoms with Gasteiger partial charge < -0.3 is 10.2 Å². The second-order valence-corrected chi connectivity index (χ2v) is 6.12. The van der Waals surface area contributed by atoms with E-state index in [1.54, 1.807) is 0 Å². The minimum absolute atomic E-state index is 0.00213. The van der Waals surface area contributed by atoms with Crippen LogP contribution in [0.3, 0.4) is 0 Å². The van der Waals surface area contributed by atoms with Crippen LogP contribution in [0, 0.1) is 0 Å². The van der Waals surface area contributed by atoms with E-state index in [0.29, 0.717) is 17.9 Å². The first-order chi connectivity index (χ1) is 11.1. The van der Waals surface area contributed by atoms with Crippen molar-refractivity contribution in [3.05, 3.63) is 35.3 Å². The maximum absolute atomic E-state index is 12.4. The molecule has 2 N–H and O–H groups in total. The van der Waals surface area contributed by atoms with Crippen LogP contribution in [0.15, 0.2) is 30.3 Å². The number of para-hydroxylation sites is 1. The zero-order valence-electron chi connectivity index (χ0n) is 12.1. The molecule has 0 bridgehead atoms. The summed E-state index contributed by atoms with van der Waals surface area (Å²) in [4.78, 5) is 14.1. The van der Waals surface area contributed by atoms with Crippen LogP contribution in [-0.4, -0.2) is 35.4 Å². The van der Waals surface area contributed by atoms with Gasteiger partial charge in [0.15, 0.2) is 5.01 Å². The van der Waals surface area contributed by atoms with Crippen LogP contribution in [0.5, 0.6) is 0 Å². The van der Waals surface area contributed by atoms with Crippen LogP contribution in [0.25, 0.3) is 0 Å². The third kappa shape index (κ3) is 3.92. The molecule has 0 spiro atoms. The summed E-state index contributed by atoms with van der Waals surface area (Å²) in [6.45, 7) is 1.55. The Morgan fingerprint density at radius 2 is 2.09 bits per heavy atom. The predicted molar refractivity (Wildman–Crippen MR) is 84.1 cm³/mol. The highest BCUT2D eigenvalue weighted by molar-refractivity contribution is 7.15. The van der Waals surface area contributed by atoms with Gasteiger partial charge in [0.1, 0.15) is 0 Å². The summed E-state index contributed by atoms with van der Waals surface area (Å²) in [5.41, 5.74) is 1.11. The Morgan fingerprint density at radius 1 is 1.30 bits per heavy atom. The van der Waals surface area contributed by atoms with Crippen LogP contribution in [-0.2, 0) is 0 Å². The van der Waals surface area contributed by atoms with Gasteiger partial charge in [-0.05, 0) is 18.6 Å². The van der Waals surface area contributed by atoms with Gasteiger partial charge in [-0.1, -0.05) is 29.5 Å². The highest BCUT2D eigenvalue weighted by Crippen LogP contribution is 2.25. The van der Waals surface area contributed by atoms with E-state index >= 15 is 0 Å². The number of amides is 2. The molecule has 0 radical (unpaired) electrons. The van der Waals surface area contributed by atoms with Crippen molar-refractivity contribution in [1.29, 1.82) is 0 Å². The average molecular weight is 339 g/mol. The smallest absolute Gasteiger partial charge is 0.321 e. The predicted octanol–water partition coefficient (Wildman–Crippen LogP) is 2.88. The number of aromatic nitrogens is 2. The van der Waals surface area contributed by atoms with Crippen LogP contribution in [0.2, 0.25) is 0 Å². The Morgan fingerprint density at radius 3 is 2.78 bits per heavy atom. The van der Waals surface area contributed by atoms with Gasteiger partial charge in [0.2, 0.25) is 5.13 Å². The molecule has 0 aliphatic carbocycles. The standard InChI is InChI=1S/C14H15F2N5OS/c15-11(16)12-19-20-14(23-12)18-13(22)17-9-6-7-21(8-9)10-4-2-1-3-5-10/h1-5,9,11H,6-8H2,(H2,17,18,20,22)/t9-/m1/s1. The quantitative estimate of drug-likeness (QED) is 0.899. The second kappa shape index (κ2) is 6.86. The van der Waals surface area contributed by atoms with E-state index in [2.05, 4.69) is 25.7 Å². The number of carbonyl (C=O) groups is 1.